The van der Waals surface area contributed by atoms with Gasteiger partial charge in [-0.25, -0.2) is 24.8 Å². The number of aromatic nitrogens is 4. The third kappa shape index (κ3) is 4.70. The van der Waals surface area contributed by atoms with Crippen molar-refractivity contribution in [3.8, 4) is 0 Å². The predicted molar refractivity (Wildman–Crippen MR) is 117 cm³/mol. The number of carbonyl (C=O) groups excluding carboxylic acids is 1. The van der Waals surface area contributed by atoms with Gasteiger partial charge in [0.15, 0.2) is 0 Å². The molecule has 0 spiro atoms. The van der Waals surface area contributed by atoms with Crippen LogP contribution in [-0.4, -0.2) is 57.9 Å². The standard InChI is InChI=1S/C21H21F3N8O/c1-26-15-7-10-31(18(15)32(21(22,23)24)19-27-8-2-9-28-19)20-29-12-14-5-3-13(4-6-17(25)33)11-16(14)30-20/h2-6,8-9,11-12,15,18,26H,7,10H2,1H3,(H2,25,33). The predicted octanol–water partition coefficient (Wildman–Crippen LogP) is 2.07. The van der Waals surface area contributed by atoms with E-state index in [2.05, 4.69) is 25.3 Å². The van der Waals surface area contributed by atoms with Gasteiger partial charge in [0.25, 0.3) is 0 Å². The number of nitrogens with one attached hydrogen (secondary N) is 1. The minimum atomic E-state index is -4.74. The summed E-state index contributed by atoms with van der Waals surface area (Å²) in [5, 5.41) is 3.67. The van der Waals surface area contributed by atoms with Crippen LogP contribution in [0.5, 0.6) is 0 Å². The van der Waals surface area contributed by atoms with Gasteiger partial charge in [-0.1, -0.05) is 12.1 Å². The van der Waals surface area contributed by atoms with Gasteiger partial charge in [-0.15, -0.1) is 13.2 Å². The number of fused-ring (bicyclic) bond motifs is 1. The minimum absolute atomic E-state index is 0.145. The number of rotatable bonds is 6. The maximum atomic E-state index is 14.2. The number of alkyl halides is 3. The lowest BCUT2D eigenvalue weighted by Crippen LogP contribution is -2.59. The Morgan fingerprint density at radius 3 is 2.70 bits per heavy atom. The molecule has 1 aliphatic rings. The highest BCUT2D eigenvalue weighted by Gasteiger charge is 2.51. The van der Waals surface area contributed by atoms with E-state index in [-0.39, 0.29) is 10.8 Å². The molecule has 1 saturated heterocycles. The monoisotopic (exact) mass is 458 g/mol. The third-order valence-electron chi connectivity index (χ3n) is 5.33. The third-order valence-corrected chi connectivity index (χ3v) is 5.33. The average Bonchev–Trinajstić information content (AvgIpc) is 3.20. The summed E-state index contributed by atoms with van der Waals surface area (Å²) in [6, 6.07) is 6.15. The van der Waals surface area contributed by atoms with Crippen LogP contribution in [0.2, 0.25) is 0 Å². The molecule has 4 rings (SSSR count). The van der Waals surface area contributed by atoms with Crippen LogP contribution in [-0.2, 0) is 4.79 Å². The van der Waals surface area contributed by atoms with Crippen molar-refractivity contribution < 1.29 is 18.0 Å². The molecule has 1 amide bonds. The van der Waals surface area contributed by atoms with Crippen LogP contribution in [0.25, 0.3) is 17.0 Å². The summed E-state index contributed by atoms with van der Waals surface area (Å²) in [5.41, 5.74) is 6.34. The van der Waals surface area contributed by atoms with Crippen LogP contribution in [0.3, 0.4) is 0 Å². The first-order valence-corrected chi connectivity index (χ1v) is 10.1. The van der Waals surface area contributed by atoms with Gasteiger partial charge in [-0.05, 0) is 37.2 Å². The quantitative estimate of drug-likeness (QED) is 0.426. The summed E-state index contributed by atoms with van der Waals surface area (Å²) in [7, 11) is 1.61. The highest BCUT2D eigenvalue weighted by atomic mass is 19.4. The number of likely N-dealkylation sites (N-methyl/N-ethyl adjacent to an activating group) is 1. The number of halogens is 3. The Kier molecular flexibility index (Phi) is 6.09. The van der Waals surface area contributed by atoms with Gasteiger partial charge in [0.2, 0.25) is 17.8 Å². The summed E-state index contributed by atoms with van der Waals surface area (Å²) < 4.78 is 42.7. The van der Waals surface area contributed by atoms with Gasteiger partial charge in [0, 0.05) is 42.6 Å². The molecule has 2 aromatic heterocycles. The molecule has 1 aliphatic heterocycles. The van der Waals surface area contributed by atoms with Crippen molar-refractivity contribution in [2.45, 2.75) is 24.9 Å². The van der Waals surface area contributed by atoms with Crippen LogP contribution in [0.15, 0.2) is 48.9 Å². The highest BCUT2D eigenvalue weighted by Crippen LogP contribution is 2.35. The van der Waals surface area contributed by atoms with Crippen molar-refractivity contribution in [2.24, 2.45) is 5.73 Å². The van der Waals surface area contributed by atoms with Crippen molar-refractivity contribution in [1.82, 2.24) is 25.3 Å². The molecule has 1 fully saturated rings. The topological polar surface area (TPSA) is 113 Å². The van der Waals surface area contributed by atoms with Crippen molar-refractivity contribution in [3.05, 3.63) is 54.5 Å². The SMILES string of the molecule is CNC1CCN(c2ncc3ccc(C=CC(N)=O)cc3n2)C1N(c1ncccn1)C(F)(F)F. The minimum Gasteiger partial charge on any atom is -0.366 e. The summed E-state index contributed by atoms with van der Waals surface area (Å²) in [6.45, 7) is 0.294. The van der Waals surface area contributed by atoms with E-state index in [1.807, 2.05) is 0 Å². The smallest absolute Gasteiger partial charge is 0.366 e. The van der Waals surface area contributed by atoms with Crippen LogP contribution in [0.4, 0.5) is 25.1 Å². The molecular formula is C21H21F3N8O. The molecule has 3 heterocycles. The molecule has 0 radical (unpaired) electrons. The number of anilines is 2. The Morgan fingerprint density at radius 2 is 2.03 bits per heavy atom. The molecule has 0 aliphatic carbocycles. The van der Waals surface area contributed by atoms with Crippen LogP contribution in [0.1, 0.15) is 12.0 Å². The van der Waals surface area contributed by atoms with Gasteiger partial charge in [0.1, 0.15) is 6.17 Å². The van der Waals surface area contributed by atoms with E-state index in [4.69, 9.17) is 5.73 Å². The van der Waals surface area contributed by atoms with Crippen molar-refractivity contribution in [1.29, 1.82) is 0 Å². The number of hydrogen-bond acceptors (Lipinski definition) is 8. The van der Waals surface area contributed by atoms with E-state index in [0.29, 0.717) is 29.4 Å². The summed E-state index contributed by atoms with van der Waals surface area (Å²) in [5.74, 6) is -0.903. The number of nitrogens with zero attached hydrogens (tertiary/aromatic N) is 6. The second-order valence-electron chi connectivity index (χ2n) is 7.40. The first kappa shape index (κ1) is 22.4. The fourth-order valence-corrected chi connectivity index (χ4v) is 3.86. The van der Waals surface area contributed by atoms with E-state index in [9.17, 15) is 18.0 Å². The molecule has 9 nitrogen and oxygen atoms in total. The Bertz CT molecular complexity index is 1170. The van der Waals surface area contributed by atoms with Gasteiger partial charge in [-0.2, -0.15) is 0 Å². The van der Waals surface area contributed by atoms with Crippen LogP contribution >= 0.6 is 0 Å². The van der Waals surface area contributed by atoms with Crippen LogP contribution in [0, 0.1) is 0 Å². The van der Waals surface area contributed by atoms with Crippen molar-refractivity contribution in [3.63, 3.8) is 0 Å². The zero-order valence-corrected chi connectivity index (χ0v) is 17.6. The van der Waals surface area contributed by atoms with Crippen molar-refractivity contribution >= 4 is 34.8 Å². The van der Waals surface area contributed by atoms with E-state index in [1.165, 1.54) is 35.5 Å². The maximum Gasteiger partial charge on any atom is 0.489 e. The Labute approximate surface area is 187 Å². The molecular weight excluding hydrogens is 437 g/mol. The molecule has 0 bridgehead atoms. The van der Waals surface area contributed by atoms with E-state index in [0.717, 1.165) is 0 Å². The van der Waals surface area contributed by atoms with E-state index < -0.39 is 30.4 Å². The Morgan fingerprint density at radius 1 is 1.27 bits per heavy atom. The second-order valence-corrected chi connectivity index (χ2v) is 7.40. The largest absolute Gasteiger partial charge is 0.489 e. The van der Waals surface area contributed by atoms with E-state index >= 15 is 0 Å². The Balaban J connectivity index is 1.76. The molecule has 2 unspecified atom stereocenters. The summed E-state index contributed by atoms with van der Waals surface area (Å²) >= 11 is 0. The molecule has 1 aromatic carbocycles. The number of benzene rings is 1. The fraction of sp³-hybridized carbons (Fsp3) is 0.286. The maximum absolute atomic E-state index is 14.2. The first-order chi connectivity index (χ1) is 15.8. The number of hydrogen-bond donors (Lipinski definition) is 2. The molecule has 33 heavy (non-hydrogen) atoms. The number of carbonyl (C=O) groups is 1. The Hall–Kier alpha value is -3.80. The highest BCUT2D eigenvalue weighted by molar-refractivity contribution is 5.91. The first-order valence-electron chi connectivity index (χ1n) is 10.1. The number of nitrogens with two attached hydrogens (primary N) is 1. The zero-order valence-electron chi connectivity index (χ0n) is 17.6. The van der Waals surface area contributed by atoms with Gasteiger partial charge < -0.3 is 16.0 Å². The summed E-state index contributed by atoms with van der Waals surface area (Å²) in [4.78, 5) is 29.3. The zero-order chi connectivity index (χ0) is 23.6. The fourth-order valence-electron chi connectivity index (χ4n) is 3.86. The summed E-state index contributed by atoms with van der Waals surface area (Å²) in [6.07, 6.45) is 1.34. The lowest BCUT2D eigenvalue weighted by Gasteiger charge is -2.38. The number of amides is 1. The molecule has 0 saturated carbocycles. The van der Waals surface area contributed by atoms with Gasteiger partial charge in [-0.3, -0.25) is 4.79 Å². The number of primary amides is 1. The molecule has 2 atom stereocenters. The van der Waals surface area contributed by atoms with Gasteiger partial charge >= 0.3 is 6.30 Å². The lowest BCUT2D eigenvalue weighted by atomic mass is 10.1. The van der Waals surface area contributed by atoms with Crippen LogP contribution < -0.4 is 20.9 Å². The second kappa shape index (κ2) is 8.98. The van der Waals surface area contributed by atoms with Crippen molar-refractivity contribution in [2.75, 3.05) is 23.4 Å². The molecule has 172 valence electrons. The van der Waals surface area contributed by atoms with Gasteiger partial charge in [0.05, 0.1) is 5.52 Å². The molecule has 3 N–H and O–H groups in total. The lowest BCUT2D eigenvalue weighted by molar-refractivity contribution is -0.136. The van der Waals surface area contributed by atoms with E-state index in [1.54, 1.807) is 31.4 Å². The normalized spacial score (nSPS) is 18.8. The molecule has 12 heteroatoms. The molecule has 3 aromatic rings. The average molecular weight is 458 g/mol.